The van der Waals surface area contributed by atoms with Crippen LogP contribution in [0.2, 0.25) is 0 Å². The third-order valence-electron chi connectivity index (χ3n) is 7.17. The Kier molecular flexibility index (Phi) is 9.10. The highest BCUT2D eigenvalue weighted by Gasteiger charge is 2.23. The fourth-order valence-corrected chi connectivity index (χ4v) is 4.88. The molecule has 0 N–H and O–H groups in total. The van der Waals surface area contributed by atoms with Gasteiger partial charge in [0.05, 0.1) is 42.7 Å². The average molecular weight is 615 g/mol. The number of aromatic nitrogens is 4. The standard InChI is InChI=1S/C28H34N6O10/c1-37-19-11-17(12-20(38-2)23(19)41-5)25-29-33(27(35)43-25)15-31-7-9-32(10-8-31)16-34-28(36)44-26(30-34)18-13-21(39-3)24(42-6)22(14-18)40-4/h11-14H,7-10,15-16H2,1-6H3. The molecule has 2 aromatic heterocycles. The minimum Gasteiger partial charge on any atom is -0.493 e. The third-order valence-corrected chi connectivity index (χ3v) is 7.17. The fourth-order valence-electron chi connectivity index (χ4n) is 4.88. The molecule has 1 fully saturated rings. The molecule has 1 aliphatic heterocycles. The van der Waals surface area contributed by atoms with E-state index in [2.05, 4.69) is 20.0 Å². The second kappa shape index (κ2) is 13.1. The minimum absolute atomic E-state index is 0.126. The van der Waals surface area contributed by atoms with Gasteiger partial charge in [-0.1, -0.05) is 0 Å². The van der Waals surface area contributed by atoms with Crippen LogP contribution in [0.5, 0.6) is 34.5 Å². The normalized spacial score (nSPS) is 14.0. The van der Waals surface area contributed by atoms with E-state index in [0.717, 1.165) is 0 Å². The Bertz CT molecular complexity index is 1540. The molecule has 16 heteroatoms. The number of ether oxygens (including phenoxy) is 6. The highest BCUT2D eigenvalue weighted by molar-refractivity contribution is 5.66. The molecule has 2 aromatic carbocycles. The van der Waals surface area contributed by atoms with Gasteiger partial charge in [-0.25, -0.2) is 9.59 Å². The van der Waals surface area contributed by atoms with Crippen LogP contribution >= 0.6 is 0 Å². The molecule has 0 spiro atoms. The van der Waals surface area contributed by atoms with Gasteiger partial charge in [0.15, 0.2) is 23.0 Å². The van der Waals surface area contributed by atoms with Gasteiger partial charge in [0.1, 0.15) is 13.3 Å². The van der Waals surface area contributed by atoms with Gasteiger partial charge in [0.25, 0.3) is 0 Å². The summed E-state index contributed by atoms with van der Waals surface area (Å²) in [6, 6.07) is 6.65. The number of benzene rings is 2. The number of piperazine rings is 1. The zero-order chi connectivity index (χ0) is 31.4. The first-order valence-corrected chi connectivity index (χ1v) is 13.5. The maximum absolute atomic E-state index is 12.6. The van der Waals surface area contributed by atoms with Crippen LogP contribution < -0.4 is 39.9 Å². The van der Waals surface area contributed by atoms with E-state index in [1.165, 1.54) is 52.0 Å². The Morgan fingerprint density at radius 3 is 1.16 bits per heavy atom. The first-order chi connectivity index (χ1) is 21.3. The summed E-state index contributed by atoms with van der Waals surface area (Å²) in [4.78, 5) is 29.4. The summed E-state index contributed by atoms with van der Waals surface area (Å²) < 4.78 is 45.7. The SMILES string of the molecule is COc1cc(-c2nn(CN3CCN(Cn4nc(-c5cc(OC)c(OC)c(OC)c5)oc4=O)CC3)c(=O)o2)cc(OC)c1OC. The molecule has 0 radical (unpaired) electrons. The number of hydrogen-bond donors (Lipinski definition) is 0. The Hall–Kier alpha value is -4.96. The first kappa shape index (κ1) is 30.5. The van der Waals surface area contributed by atoms with E-state index in [4.69, 9.17) is 37.3 Å². The van der Waals surface area contributed by atoms with Crippen molar-refractivity contribution in [3.8, 4) is 57.4 Å². The molecule has 16 nitrogen and oxygen atoms in total. The molecular formula is C28H34N6O10. The molecule has 0 unspecified atom stereocenters. The maximum atomic E-state index is 12.6. The second-order valence-electron chi connectivity index (χ2n) is 9.69. The molecule has 1 aliphatic rings. The van der Waals surface area contributed by atoms with Crippen LogP contribution in [0.1, 0.15) is 0 Å². The Balaban J connectivity index is 1.23. The predicted octanol–water partition coefficient (Wildman–Crippen LogP) is 1.60. The maximum Gasteiger partial charge on any atom is 0.438 e. The molecule has 1 saturated heterocycles. The summed E-state index contributed by atoms with van der Waals surface area (Å²) in [5, 5.41) is 8.77. The first-order valence-electron chi connectivity index (χ1n) is 13.5. The number of nitrogens with zero attached hydrogens (tertiary/aromatic N) is 6. The molecule has 236 valence electrons. The topological polar surface area (TPSA) is 158 Å². The number of methoxy groups -OCH3 is 6. The van der Waals surface area contributed by atoms with Crippen molar-refractivity contribution in [2.24, 2.45) is 0 Å². The van der Waals surface area contributed by atoms with Gasteiger partial charge in [0.2, 0.25) is 23.3 Å². The van der Waals surface area contributed by atoms with E-state index in [-0.39, 0.29) is 25.1 Å². The third kappa shape index (κ3) is 6.07. The molecule has 0 amide bonds. The van der Waals surface area contributed by atoms with Gasteiger partial charge >= 0.3 is 11.5 Å². The van der Waals surface area contributed by atoms with Crippen molar-refractivity contribution in [1.29, 1.82) is 0 Å². The van der Waals surface area contributed by atoms with Crippen LogP contribution in [-0.4, -0.2) is 98.2 Å². The molecule has 3 heterocycles. The van der Waals surface area contributed by atoms with Crippen LogP contribution in [-0.2, 0) is 13.3 Å². The minimum atomic E-state index is -0.593. The highest BCUT2D eigenvalue weighted by Crippen LogP contribution is 2.41. The zero-order valence-corrected chi connectivity index (χ0v) is 25.3. The van der Waals surface area contributed by atoms with Gasteiger partial charge < -0.3 is 37.3 Å². The second-order valence-corrected chi connectivity index (χ2v) is 9.69. The molecule has 44 heavy (non-hydrogen) atoms. The number of hydrogen-bond acceptors (Lipinski definition) is 14. The average Bonchev–Trinajstić information content (AvgIpc) is 3.61. The van der Waals surface area contributed by atoms with Crippen molar-refractivity contribution < 1.29 is 37.3 Å². The van der Waals surface area contributed by atoms with Crippen LogP contribution in [0.15, 0.2) is 42.7 Å². The van der Waals surface area contributed by atoms with E-state index < -0.39 is 11.5 Å². The van der Waals surface area contributed by atoms with Crippen molar-refractivity contribution in [2.45, 2.75) is 13.3 Å². The van der Waals surface area contributed by atoms with Gasteiger partial charge in [-0.15, -0.1) is 10.2 Å². The molecule has 0 saturated carbocycles. The van der Waals surface area contributed by atoms with Gasteiger partial charge in [0, 0.05) is 37.3 Å². The van der Waals surface area contributed by atoms with Gasteiger partial charge in [-0.05, 0) is 24.3 Å². The quantitative estimate of drug-likeness (QED) is 0.227. The van der Waals surface area contributed by atoms with Gasteiger partial charge in [-0.2, -0.15) is 9.36 Å². The van der Waals surface area contributed by atoms with E-state index in [1.54, 1.807) is 24.3 Å². The Morgan fingerprint density at radius 1 is 0.568 bits per heavy atom. The molecule has 4 aromatic rings. The largest absolute Gasteiger partial charge is 0.493 e. The summed E-state index contributed by atoms with van der Waals surface area (Å²) in [6.45, 7) is 2.93. The molecule has 5 rings (SSSR count). The van der Waals surface area contributed by atoms with Crippen molar-refractivity contribution in [3.63, 3.8) is 0 Å². The van der Waals surface area contributed by atoms with E-state index >= 15 is 0 Å². The van der Waals surface area contributed by atoms with Crippen molar-refractivity contribution in [3.05, 3.63) is 45.4 Å². The van der Waals surface area contributed by atoms with Crippen LogP contribution in [0.4, 0.5) is 0 Å². The molecular weight excluding hydrogens is 580 g/mol. The zero-order valence-electron chi connectivity index (χ0n) is 25.3. The lowest BCUT2D eigenvalue weighted by Crippen LogP contribution is -2.48. The smallest absolute Gasteiger partial charge is 0.438 e. The van der Waals surface area contributed by atoms with Gasteiger partial charge in [-0.3, -0.25) is 9.80 Å². The summed E-state index contributed by atoms with van der Waals surface area (Å²) >= 11 is 0. The van der Waals surface area contributed by atoms with Crippen molar-refractivity contribution in [2.75, 3.05) is 68.8 Å². The van der Waals surface area contributed by atoms with Crippen molar-refractivity contribution >= 4 is 0 Å². The van der Waals surface area contributed by atoms with Crippen LogP contribution in [0, 0.1) is 0 Å². The lowest BCUT2D eigenvalue weighted by molar-refractivity contribution is 0.0768. The van der Waals surface area contributed by atoms with E-state index in [9.17, 15) is 9.59 Å². The number of rotatable bonds is 12. The Labute approximate surface area is 251 Å². The summed E-state index contributed by atoms with van der Waals surface area (Å²) in [5.41, 5.74) is 1.01. The summed E-state index contributed by atoms with van der Waals surface area (Å²) in [5.74, 6) is 1.56. The molecule has 0 atom stereocenters. The van der Waals surface area contributed by atoms with Crippen LogP contribution in [0.25, 0.3) is 22.9 Å². The van der Waals surface area contributed by atoms with E-state index in [1.807, 2.05) is 0 Å². The summed E-state index contributed by atoms with van der Waals surface area (Å²) in [7, 11) is 9.03. The van der Waals surface area contributed by atoms with Crippen LogP contribution in [0.3, 0.4) is 0 Å². The summed E-state index contributed by atoms with van der Waals surface area (Å²) in [6.07, 6.45) is 0. The monoisotopic (exact) mass is 614 g/mol. The fraction of sp³-hybridized carbons (Fsp3) is 0.429. The predicted molar refractivity (Wildman–Crippen MR) is 155 cm³/mol. The Morgan fingerprint density at radius 2 is 0.886 bits per heavy atom. The highest BCUT2D eigenvalue weighted by atomic mass is 16.5. The molecule has 0 bridgehead atoms. The van der Waals surface area contributed by atoms with E-state index in [0.29, 0.717) is 71.8 Å². The molecule has 0 aliphatic carbocycles. The lowest BCUT2D eigenvalue weighted by Gasteiger charge is -2.33. The van der Waals surface area contributed by atoms with Crippen molar-refractivity contribution in [1.82, 2.24) is 29.4 Å². The lowest BCUT2D eigenvalue weighted by atomic mass is 10.2.